The van der Waals surface area contributed by atoms with E-state index in [1.807, 2.05) is 38.2 Å². The summed E-state index contributed by atoms with van der Waals surface area (Å²) in [4.78, 5) is 11.1. The molecule has 0 aliphatic carbocycles. The average molecular weight is 299 g/mol. The van der Waals surface area contributed by atoms with Gasteiger partial charge in [-0.25, -0.2) is 9.97 Å². The van der Waals surface area contributed by atoms with Crippen molar-refractivity contribution < 1.29 is 5.11 Å². The quantitative estimate of drug-likeness (QED) is 0.804. The van der Waals surface area contributed by atoms with E-state index in [1.54, 1.807) is 17.5 Å². The number of benzene rings is 1. The van der Waals surface area contributed by atoms with Crippen molar-refractivity contribution in [3.8, 4) is 0 Å². The second kappa shape index (κ2) is 5.79. The van der Waals surface area contributed by atoms with Gasteiger partial charge >= 0.3 is 0 Å². The molecule has 0 saturated carbocycles. The summed E-state index contributed by atoms with van der Waals surface area (Å²) in [5.74, 6) is 0.911. The Kier molecular flexibility index (Phi) is 3.86. The van der Waals surface area contributed by atoms with E-state index in [1.165, 1.54) is 0 Å². The molecule has 108 valence electrons. The van der Waals surface area contributed by atoms with Gasteiger partial charge < -0.3 is 10.0 Å². The van der Waals surface area contributed by atoms with E-state index < -0.39 is 0 Å². The van der Waals surface area contributed by atoms with E-state index in [-0.39, 0.29) is 6.61 Å². The highest BCUT2D eigenvalue weighted by atomic mass is 32.1. The summed E-state index contributed by atoms with van der Waals surface area (Å²) < 4.78 is 0. The van der Waals surface area contributed by atoms with Crippen molar-refractivity contribution in [1.82, 2.24) is 9.97 Å². The summed E-state index contributed by atoms with van der Waals surface area (Å²) >= 11 is 1.66. The number of fused-ring (bicyclic) bond motifs is 1. The van der Waals surface area contributed by atoms with Crippen LogP contribution < -0.4 is 4.90 Å². The predicted molar refractivity (Wildman–Crippen MR) is 86.6 cm³/mol. The highest BCUT2D eigenvalue weighted by Gasteiger charge is 2.12. The van der Waals surface area contributed by atoms with Gasteiger partial charge in [0.25, 0.3) is 0 Å². The molecule has 0 atom stereocenters. The van der Waals surface area contributed by atoms with Crippen molar-refractivity contribution in [3.63, 3.8) is 0 Å². The number of pyridine rings is 1. The van der Waals surface area contributed by atoms with Gasteiger partial charge in [0.2, 0.25) is 0 Å². The number of nitrogens with zero attached hydrogens (tertiary/aromatic N) is 3. The first-order chi connectivity index (χ1) is 10.2. The average Bonchev–Trinajstić information content (AvgIpc) is 2.91. The van der Waals surface area contributed by atoms with Gasteiger partial charge in [0.1, 0.15) is 5.82 Å². The third-order valence-corrected chi connectivity index (χ3v) is 4.28. The van der Waals surface area contributed by atoms with Crippen molar-refractivity contribution in [2.75, 3.05) is 11.9 Å². The summed E-state index contributed by atoms with van der Waals surface area (Å²) in [7, 11) is 2.02. The SMILES string of the molecule is Cc1nc(CN(C)c2ncc(CO)c3ccccc23)cs1. The standard InChI is InChI=1S/C16H17N3OS/c1-11-18-13(10-21-11)8-19(2)16-15-6-4-3-5-14(15)12(9-20)7-17-16/h3-7,10,20H,8-9H2,1-2H3. The fraction of sp³-hybridized carbons (Fsp3) is 0.250. The Bertz CT molecular complexity index is 769. The van der Waals surface area contributed by atoms with E-state index in [2.05, 4.69) is 20.2 Å². The fourth-order valence-electron chi connectivity index (χ4n) is 2.47. The van der Waals surface area contributed by atoms with Crippen LogP contribution in [0.1, 0.15) is 16.3 Å². The van der Waals surface area contributed by atoms with Crippen LogP contribution in [-0.4, -0.2) is 22.1 Å². The molecular weight excluding hydrogens is 282 g/mol. The van der Waals surface area contributed by atoms with Gasteiger partial charge in [-0.05, 0) is 12.3 Å². The molecule has 3 aromatic rings. The normalized spacial score (nSPS) is 11.0. The second-order valence-electron chi connectivity index (χ2n) is 5.02. The number of anilines is 1. The summed E-state index contributed by atoms with van der Waals surface area (Å²) in [6.07, 6.45) is 1.75. The lowest BCUT2D eigenvalue weighted by Crippen LogP contribution is -2.18. The van der Waals surface area contributed by atoms with Gasteiger partial charge in [-0.1, -0.05) is 24.3 Å². The van der Waals surface area contributed by atoms with Crippen LogP contribution in [0.2, 0.25) is 0 Å². The van der Waals surface area contributed by atoms with Crippen LogP contribution in [0.3, 0.4) is 0 Å². The molecule has 1 aromatic carbocycles. The molecule has 2 heterocycles. The van der Waals surface area contributed by atoms with Crippen LogP contribution in [0.15, 0.2) is 35.8 Å². The third-order valence-electron chi connectivity index (χ3n) is 3.45. The molecule has 0 amide bonds. The monoisotopic (exact) mass is 299 g/mol. The molecule has 2 aromatic heterocycles. The first-order valence-electron chi connectivity index (χ1n) is 6.78. The Morgan fingerprint density at radius 2 is 2.00 bits per heavy atom. The first-order valence-corrected chi connectivity index (χ1v) is 7.66. The van der Waals surface area contributed by atoms with Gasteiger partial charge in [0.15, 0.2) is 0 Å². The summed E-state index contributed by atoms with van der Waals surface area (Å²) in [6.45, 7) is 2.74. The van der Waals surface area contributed by atoms with Crippen molar-refractivity contribution in [3.05, 3.63) is 52.1 Å². The van der Waals surface area contributed by atoms with Crippen LogP contribution >= 0.6 is 11.3 Å². The summed E-state index contributed by atoms with van der Waals surface area (Å²) in [5, 5.41) is 14.7. The van der Waals surface area contributed by atoms with Crippen molar-refractivity contribution in [1.29, 1.82) is 0 Å². The fourth-order valence-corrected chi connectivity index (χ4v) is 3.07. The van der Waals surface area contributed by atoms with E-state index in [0.717, 1.165) is 39.4 Å². The maximum absolute atomic E-state index is 9.44. The van der Waals surface area contributed by atoms with Crippen molar-refractivity contribution >= 4 is 27.9 Å². The van der Waals surface area contributed by atoms with Crippen LogP contribution in [0.25, 0.3) is 10.8 Å². The van der Waals surface area contributed by atoms with E-state index in [0.29, 0.717) is 0 Å². The number of aromatic nitrogens is 2. The van der Waals surface area contributed by atoms with Crippen LogP contribution in [0.4, 0.5) is 5.82 Å². The molecule has 0 bridgehead atoms. The van der Waals surface area contributed by atoms with Gasteiger partial charge in [-0.15, -0.1) is 11.3 Å². The molecule has 0 aliphatic rings. The summed E-state index contributed by atoms with van der Waals surface area (Å²) in [6, 6.07) is 8.04. The molecular formula is C16H17N3OS. The Morgan fingerprint density at radius 1 is 1.24 bits per heavy atom. The molecule has 1 N–H and O–H groups in total. The van der Waals surface area contributed by atoms with Crippen LogP contribution in [0, 0.1) is 6.92 Å². The maximum Gasteiger partial charge on any atom is 0.136 e. The molecule has 0 unspecified atom stereocenters. The molecule has 0 spiro atoms. The van der Waals surface area contributed by atoms with Gasteiger partial charge in [0, 0.05) is 29.6 Å². The lowest BCUT2D eigenvalue weighted by Gasteiger charge is -2.19. The number of hydrogen-bond donors (Lipinski definition) is 1. The topological polar surface area (TPSA) is 49.2 Å². The number of aliphatic hydroxyl groups excluding tert-OH is 1. The largest absolute Gasteiger partial charge is 0.392 e. The molecule has 0 saturated heterocycles. The number of hydrogen-bond acceptors (Lipinski definition) is 5. The molecule has 4 nitrogen and oxygen atoms in total. The van der Waals surface area contributed by atoms with Crippen LogP contribution in [-0.2, 0) is 13.2 Å². The highest BCUT2D eigenvalue weighted by molar-refractivity contribution is 7.09. The molecule has 3 rings (SSSR count). The third kappa shape index (κ3) is 2.75. The lowest BCUT2D eigenvalue weighted by atomic mass is 10.1. The Hall–Kier alpha value is -1.98. The zero-order valence-electron chi connectivity index (χ0n) is 12.1. The number of aryl methyl sites for hydroxylation is 1. The minimum absolute atomic E-state index is 0.00277. The van der Waals surface area contributed by atoms with Crippen molar-refractivity contribution in [2.45, 2.75) is 20.1 Å². The zero-order valence-corrected chi connectivity index (χ0v) is 12.9. The summed E-state index contributed by atoms with van der Waals surface area (Å²) in [5.41, 5.74) is 1.91. The van der Waals surface area contributed by atoms with E-state index in [9.17, 15) is 5.11 Å². The Labute approximate surface area is 127 Å². The minimum atomic E-state index is 0.00277. The van der Waals surface area contributed by atoms with E-state index in [4.69, 9.17) is 0 Å². The van der Waals surface area contributed by atoms with Gasteiger partial charge in [0.05, 0.1) is 23.9 Å². The van der Waals surface area contributed by atoms with Crippen molar-refractivity contribution in [2.24, 2.45) is 0 Å². The molecule has 21 heavy (non-hydrogen) atoms. The number of rotatable bonds is 4. The maximum atomic E-state index is 9.44. The smallest absolute Gasteiger partial charge is 0.136 e. The number of thiazole rings is 1. The molecule has 0 radical (unpaired) electrons. The Morgan fingerprint density at radius 3 is 2.67 bits per heavy atom. The first kappa shape index (κ1) is 14.0. The molecule has 5 heteroatoms. The van der Waals surface area contributed by atoms with E-state index >= 15 is 0 Å². The predicted octanol–water partition coefficient (Wildman–Crippen LogP) is 3.13. The second-order valence-corrected chi connectivity index (χ2v) is 6.09. The zero-order chi connectivity index (χ0) is 14.8. The van der Waals surface area contributed by atoms with Crippen LogP contribution in [0.5, 0.6) is 0 Å². The molecule has 0 fully saturated rings. The lowest BCUT2D eigenvalue weighted by molar-refractivity contribution is 0.283. The highest BCUT2D eigenvalue weighted by Crippen LogP contribution is 2.27. The number of aliphatic hydroxyl groups is 1. The van der Waals surface area contributed by atoms with Gasteiger partial charge in [-0.3, -0.25) is 0 Å². The Balaban J connectivity index is 2.00. The minimum Gasteiger partial charge on any atom is -0.392 e. The van der Waals surface area contributed by atoms with Gasteiger partial charge in [-0.2, -0.15) is 0 Å². The molecule has 0 aliphatic heterocycles.